The third kappa shape index (κ3) is 3.96. The van der Waals surface area contributed by atoms with Gasteiger partial charge in [-0.2, -0.15) is 5.26 Å². The van der Waals surface area contributed by atoms with E-state index in [0.717, 1.165) is 32.8 Å². The quantitative estimate of drug-likeness (QED) is 0.616. The summed E-state index contributed by atoms with van der Waals surface area (Å²) in [5.41, 5.74) is 4.11. The normalized spacial score (nSPS) is 11.9. The lowest BCUT2D eigenvalue weighted by Gasteiger charge is -2.14. The summed E-state index contributed by atoms with van der Waals surface area (Å²) < 4.78 is 6.16. The molecule has 0 bridgehead atoms. The molecule has 0 radical (unpaired) electrons. The van der Waals surface area contributed by atoms with Crippen LogP contribution < -0.4 is 10.1 Å². The van der Waals surface area contributed by atoms with Crippen LogP contribution in [0.5, 0.6) is 5.75 Å². The summed E-state index contributed by atoms with van der Waals surface area (Å²) in [5.74, 6) is 0.566. The van der Waals surface area contributed by atoms with E-state index in [4.69, 9.17) is 4.74 Å². The molecule has 1 aromatic carbocycles. The van der Waals surface area contributed by atoms with E-state index >= 15 is 0 Å². The van der Waals surface area contributed by atoms with Gasteiger partial charge in [-0.05, 0) is 57.0 Å². The number of aryl methyl sites for hydroxylation is 1. The van der Waals surface area contributed by atoms with Gasteiger partial charge >= 0.3 is 0 Å². The second-order valence-electron chi connectivity index (χ2n) is 6.34. The number of amides is 1. The molecule has 28 heavy (non-hydrogen) atoms. The first-order valence-electron chi connectivity index (χ1n) is 8.64. The van der Waals surface area contributed by atoms with Gasteiger partial charge in [0, 0.05) is 5.69 Å². The van der Waals surface area contributed by atoms with E-state index in [0.29, 0.717) is 15.7 Å². The molecule has 0 fully saturated rings. The Hall–Kier alpha value is -2.63. The molecule has 2 aromatic heterocycles. The predicted octanol–water partition coefficient (Wildman–Crippen LogP) is 4.62. The van der Waals surface area contributed by atoms with Crippen molar-refractivity contribution in [2.24, 2.45) is 0 Å². The number of carbonyl (C=O) groups is 1. The number of thioether (sulfide) groups is 1. The van der Waals surface area contributed by atoms with E-state index in [1.54, 1.807) is 14.0 Å². The number of nitriles is 1. The third-order valence-electron chi connectivity index (χ3n) is 4.56. The van der Waals surface area contributed by atoms with Crippen molar-refractivity contribution in [2.75, 3.05) is 12.4 Å². The summed E-state index contributed by atoms with van der Waals surface area (Å²) in [6.45, 7) is 7.56. The van der Waals surface area contributed by atoms with Gasteiger partial charge in [-0.25, -0.2) is 9.97 Å². The Morgan fingerprint density at radius 1 is 1.29 bits per heavy atom. The van der Waals surface area contributed by atoms with Crippen molar-refractivity contribution in [1.29, 1.82) is 5.26 Å². The molecule has 0 aliphatic carbocycles. The summed E-state index contributed by atoms with van der Waals surface area (Å²) in [6.07, 6.45) is 0. The minimum atomic E-state index is -0.428. The molecule has 0 saturated heterocycles. The first kappa shape index (κ1) is 20.1. The van der Waals surface area contributed by atoms with Gasteiger partial charge < -0.3 is 10.1 Å². The van der Waals surface area contributed by atoms with Crippen LogP contribution in [0, 0.1) is 32.1 Å². The van der Waals surface area contributed by atoms with Gasteiger partial charge in [-0.15, -0.1) is 0 Å². The van der Waals surface area contributed by atoms with Gasteiger partial charge in [0.15, 0.2) is 5.13 Å². The number of rotatable bonds is 5. The smallest absolute Gasteiger partial charge is 0.239 e. The van der Waals surface area contributed by atoms with E-state index in [9.17, 15) is 10.1 Å². The number of methoxy groups -OCH3 is 1. The van der Waals surface area contributed by atoms with Crippen molar-refractivity contribution in [1.82, 2.24) is 9.97 Å². The fraction of sp³-hybridized carbons (Fsp3) is 0.300. The molecule has 0 spiro atoms. The van der Waals surface area contributed by atoms with Gasteiger partial charge in [-0.3, -0.25) is 4.79 Å². The number of ether oxygens (including phenoxy) is 1. The molecule has 8 heteroatoms. The van der Waals surface area contributed by atoms with Crippen molar-refractivity contribution in [3.05, 3.63) is 40.6 Å². The van der Waals surface area contributed by atoms with Crippen LogP contribution in [0.1, 0.15) is 29.3 Å². The van der Waals surface area contributed by atoms with Crippen LogP contribution in [0.3, 0.4) is 0 Å². The molecule has 3 aromatic rings. The zero-order chi connectivity index (χ0) is 20.4. The number of carbonyl (C=O) groups excluding carboxylic acids is 1. The van der Waals surface area contributed by atoms with Gasteiger partial charge in [0.2, 0.25) is 5.91 Å². The molecule has 0 saturated carbocycles. The maximum Gasteiger partial charge on any atom is 0.239 e. The van der Waals surface area contributed by atoms with Crippen molar-refractivity contribution in [3.8, 4) is 11.8 Å². The molecule has 2 heterocycles. The maximum atomic E-state index is 12.7. The van der Waals surface area contributed by atoms with Crippen LogP contribution in [0.25, 0.3) is 10.2 Å². The Morgan fingerprint density at radius 2 is 2.04 bits per heavy atom. The topological polar surface area (TPSA) is 87.9 Å². The van der Waals surface area contributed by atoms with Crippen LogP contribution in [0.2, 0.25) is 0 Å². The largest absolute Gasteiger partial charge is 0.497 e. The molecule has 1 atom stereocenters. The summed E-state index contributed by atoms with van der Waals surface area (Å²) in [6, 6.07) is 7.81. The molecular weight excluding hydrogens is 392 g/mol. The van der Waals surface area contributed by atoms with Crippen molar-refractivity contribution in [2.45, 2.75) is 38.0 Å². The van der Waals surface area contributed by atoms with E-state index in [2.05, 4.69) is 21.4 Å². The van der Waals surface area contributed by atoms with Crippen LogP contribution in [-0.4, -0.2) is 28.2 Å². The molecular formula is C20H20N4O2S2. The van der Waals surface area contributed by atoms with Gasteiger partial charge in [-0.1, -0.05) is 23.1 Å². The molecule has 144 valence electrons. The Labute approximate surface area is 172 Å². The Balaban J connectivity index is 1.78. The fourth-order valence-corrected chi connectivity index (χ4v) is 4.55. The number of nitrogens with zero attached hydrogens (tertiary/aromatic N) is 3. The molecule has 1 amide bonds. The zero-order valence-corrected chi connectivity index (χ0v) is 17.9. The number of hydrogen-bond acceptors (Lipinski definition) is 7. The van der Waals surface area contributed by atoms with Crippen molar-refractivity contribution < 1.29 is 9.53 Å². The van der Waals surface area contributed by atoms with E-state index in [-0.39, 0.29) is 5.91 Å². The third-order valence-corrected chi connectivity index (χ3v) is 6.58. The number of benzene rings is 1. The summed E-state index contributed by atoms with van der Waals surface area (Å²) in [7, 11) is 1.61. The lowest BCUT2D eigenvalue weighted by atomic mass is 10.1. The number of anilines is 1. The van der Waals surface area contributed by atoms with E-state index in [1.807, 2.05) is 39.0 Å². The predicted molar refractivity (Wildman–Crippen MR) is 113 cm³/mol. The number of pyridine rings is 1. The number of hydrogen-bond donors (Lipinski definition) is 1. The highest BCUT2D eigenvalue weighted by atomic mass is 32.2. The molecule has 0 aliphatic heterocycles. The van der Waals surface area contributed by atoms with Gasteiger partial charge in [0.1, 0.15) is 16.8 Å². The number of aromatic nitrogens is 2. The van der Waals surface area contributed by atoms with Crippen molar-refractivity contribution >= 4 is 44.4 Å². The van der Waals surface area contributed by atoms with Crippen LogP contribution >= 0.6 is 23.1 Å². The summed E-state index contributed by atoms with van der Waals surface area (Å²) in [5, 5.41) is 13.1. The zero-order valence-electron chi connectivity index (χ0n) is 16.3. The highest BCUT2D eigenvalue weighted by Crippen LogP contribution is 2.32. The average molecular weight is 413 g/mol. The average Bonchev–Trinajstić information content (AvgIpc) is 3.07. The maximum absolute atomic E-state index is 12.7. The SMILES string of the molecule is COc1ccc2nc(NC(=O)C(C)Sc3nc(C)c(C)c(C)c3C#N)sc2c1. The van der Waals surface area contributed by atoms with Gasteiger partial charge in [0.05, 0.1) is 28.1 Å². The highest BCUT2D eigenvalue weighted by Gasteiger charge is 2.21. The van der Waals surface area contributed by atoms with Crippen LogP contribution in [0.4, 0.5) is 5.13 Å². The van der Waals surface area contributed by atoms with Crippen LogP contribution in [-0.2, 0) is 4.79 Å². The second kappa shape index (κ2) is 8.17. The molecule has 0 aliphatic rings. The lowest BCUT2D eigenvalue weighted by Crippen LogP contribution is -2.22. The number of nitrogens with one attached hydrogen (secondary N) is 1. The standard InChI is InChI=1S/C20H20N4O2S2/c1-10-11(2)15(9-21)19(22-12(10)3)27-13(4)18(25)24-20-23-16-7-6-14(26-5)8-17(16)28-20/h6-8,13H,1-5H3,(H,23,24,25). The Morgan fingerprint density at radius 3 is 2.71 bits per heavy atom. The van der Waals surface area contributed by atoms with Crippen molar-refractivity contribution in [3.63, 3.8) is 0 Å². The molecule has 1 unspecified atom stereocenters. The first-order chi connectivity index (χ1) is 13.3. The highest BCUT2D eigenvalue weighted by molar-refractivity contribution is 8.00. The summed E-state index contributed by atoms with van der Waals surface area (Å²) in [4.78, 5) is 21.6. The van der Waals surface area contributed by atoms with E-state index < -0.39 is 5.25 Å². The van der Waals surface area contributed by atoms with Crippen LogP contribution in [0.15, 0.2) is 23.2 Å². The van der Waals surface area contributed by atoms with Gasteiger partial charge in [0.25, 0.3) is 0 Å². The number of fused-ring (bicyclic) bond motifs is 1. The molecule has 6 nitrogen and oxygen atoms in total. The Bertz CT molecular complexity index is 1100. The summed E-state index contributed by atoms with van der Waals surface area (Å²) >= 11 is 2.68. The Kier molecular flexibility index (Phi) is 5.87. The molecule has 1 N–H and O–H groups in total. The molecule has 3 rings (SSSR count). The first-order valence-corrected chi connectivity index (χ1v) is 10.3. The minimum absolute atomic E-state index is 0.183. The monoisotopic (exact) mass is 412 g/mol. The fourth-order valence-electron chi connectivity index (χ4n) is 2.64. The van der Waals surface area contributed by atoms with E-state index in [1.165, 1.54) is 23.1 Å². The number of thiazole rings is 1. The second-order valence-corrected chi connectivity index (χ2v) is 8.70. The lowest BCUT2D eigenvalue weighted by molar-refractivity contribution is -0.115. The minimum Gasteiger partial charge on any atom is -0.497 e.